The molecule has 22 heavy (non-hydrogen) atoms. The summed E-state index contributed by atoms with van der Waals surface area (Å²) in [6, 6.07) is 11.7. The summed E-state index contributed by atoms with van der Waals surface area (Å²) in [5.41, 5.74) is 0.965. The van der Waals surface area contributed by atoms with Gasteiger partial charge in [0.2, 0.25) is 10.0 Å². The lowest BCUT2D eigenvalue weighted by Gasteiger charge is -2.36. The molecule has 1 fully saturated rings. The van der Waals surface area contributed by atoms with Gasteiger partial charge in [-0.3, -0.25) is 4.90 Å². The number of hydrogen-bond acceptors (Lipinski definition) is 4. The van der Waals surface area contributed by atoms with Crippen LogP contribution in [0.3, 0.4) is 0 Å². The van der Waals surface area contributed by atoms with Crippen molar-refractivity contribution in [2.75, 3.05) is 31.9 Å². The fraction of sp³-hybridized carbons (Fsp3) is 0.562. The van der Waals surface area contributed by atoms with E-state index in [1.165, 1.54) is 0 Å². The number of sulfonamides is 1. The van der Waals surface area contributed by atoms with Crippen molar-refractivity contribution in [3.05, 3.63) is 35.9 Å². The maximum absolute atomic E-state index is 12.2. The first kappa shape index (κ1) is 16.9. The fourth-order valence-corrected chi connectivity index (χ4v) is 4.33. The number of nitriles is 1. The van der Waals surface area contributed by atoms with E-state index in [1.807, 2.05) is 37.3 Å². The predicted molar refractivity (Wildman–Crippen MR) is 86.6 cm³/mol. The van der Waals surface area contributed by atoms with E-state index in [2.05, 4.69) is 11.0 Å². The highest BCUT2D eigenvalue weighted by Gasteiger charge is 2.30. The van der Waals surface area contributed by atoms with E-state index < -0.39 is 10.0 Å². The van der Waals surface area contributed by atoms with Gasteiger partial charge in [0, 0.05) is 26.2 Å². The van der Waals surface area contributed by atoms with E-state index in [0.717, 1.165) is 12.0 Å². The SMILES string of the molecule is CCCCS(=O)(=O)N1CCN(C(C#N)c2ccccc2)CC1. The molecule has 0 saturated carbocycles. The fourth-order valence-electron chi connectivity index (χ4n) is 2.70. The summed E-state index contributed by atoms with van der Waals surface area (Å²) < 4.78 is 26.0. The molecule has 5 nitrogen and oxygen atoms in total. The molecule has 1 aliphatic rings. The standard InChI is InChI=1S/C16H23N3O2S/c1-2-3-13-22(20,21)19-11-9-18(10-12-19)16(14-17)15-7-5-4-6-8-15/h4-8,16H,2-3,9-13H2,1H3. The van der Waals surface area contributed by atoms with Crippen LogP contribution in [0.15, 0.2) is 30.3 Å². The molecule has 1 aromatic carbocycles. The summed E-state index contributed by atoms with van der Waals surface area (Å²) in [6.45, 7) is 4.12. The van der Waals surface area contributed by atoms with Crippen LogP contribution in [0.25, 0.3) is 0 Å². The van der Waals surface area contributed by atoms with Crippen LogP contribution in [0.1, 0.15) is 31.4 Å². The minimum Gasteiger partial charge on any atom is -0.282 e. The minimum atomic E-state index is -3.14. The Kier molecular flexibility index (Phi) is 5.95. The lowest BCUT2D eigenvalue weighted by atomic mass is 10.1. The Labute approximate surface area is 133 Å². The smallest absolute Gasteiger partial charge is 0.214 e. The summed E-state index contributed by atoms with van der Waals surface area (Å²) in [6.07, 6.45) is 1.58. The monoisotopic (exact) mass is 321 g/mol. The van der Waals surface area contributed by atoms with Gasteiger partial charge in [-0.05, 0) is 12.0 Å². The molecule has 1 atom stereocenters. The van der Waals surface area contributed by atoms with Gasteiger partial charge in [-0.2, -0.15) is 9.57 Å². The first-order valence-corrected chi connectivity index (χ1v) is 9.36. The van der Waals surface area contributed by atoms with Gasteiger partial charge in [0.15, 0.2) is 0 Å². The molecule has 120 valence electrons. The highest BCUT2D eigenvalue weighted by molar-refractivity contribution is 7.89. The minimum absolute atomic E-state index is 0.226. The largest absolute Gasteiger partial charge is 0.282 e. The summed E-state index contributed by atoms with van der Waals surface area (Å²) >= 11 is 0. The van der Waals surface area contributed by atoms with Crippen molar-refractivity contribution in [3.8, 4) is 6.07 Å². The van der Waals surface area contributed by atoms with E-state index >= 15 is 0 Å². The lowest BCUT2D eigenvalue weighted by Crippen LogP contribution is -2.50. The van der Waals surface area contributed by atoms with Crippen molar-refractivity contribution in [1.82, 2.24) is 9.21 Å². The molecule has 0 radical (unpaired) electrons. The zero-order valence-electron chi connectivity index (χ0n) is 13.0. The number of rotatable bonds is 6. The summed E-state index contributed by atoms with van der Waals surface area (Å²) in [5.74, 6) is 0.226. The third-order valence-corrected chi connectivity index (χ3v) is 5.98. The van der Waals surface area contributed by atoms with Crippen LogP contribution < -0.4 is 0 Å². The summed E-state index contributed by atoms with van der Waals surface area (Å²) in [4.78, 5) is 2.06. The molecule has 2 rings (SSSR count). The van der Waals surface area contributed by atoms with Gasteiger partial charge in [-0.25, -0.2) is 8.42 Å². The van der Waals surface area contributed by atoms with Crippen LogP contribution in [0.2, 0.25) is 0 Å². The van der Waals surface area contributed by atoms with Crippen molar-refractivity contribution < 1.29 is 8.42 Å². The lowest BCUT2D eigenvalue weighted by molar-refractivity contribution is 0.162. The number of nitrogens with zero attached hydrogens (tertiary/aromatic N) is 3. The molecule has 0 aliphatic carbocycles. The molecule has 0 bridgehead atoms. The van der Waals surface area contributed by atoms with Crippen LogP contribution in [0.5, 0.6) is 0 Å². The van der Waals surface area contributed by atoms with Crippen LogP contribution in [0, 0.1) is 11.3 Å². The average Bonchev–Trinajstić information content (AvgIpc) is 2.55. The van der Waals surface area contributed by atoms with Gasteiger partial charge in [0.25, 0.3) is 0 Å². The molecular formula is C16H23N3O2S. The Balaban J connectivity index is 1.98. The van der Waals surface area contributed by atoms with Crippen molar-refractivity contribution in [2.45, 2.75) is 25.8 Å². The predicted octanol–water partition coefficient (Wildman–Crippen LogP) is 2.00. The molecule has 6 heteroatoms. The van der Waals surface area contributed by atoms with Crippen molar-refractivity contribution in [2.24, 2.45) is 0 Å². The van der Waals surface area contributed by atoms with Crippen LogP contribution in [-0.2, 0) is 10.0 Å². The third kappa shape index (κ3) is 4.07. The highest BCUT2D eigenvalue weighted by Crippen LogP contribution is 2.22. The Morgan fingerprint density at radius 2 is 1.82 bits per heavy atom. The zero-order valence-corrected chi connectivity index (χ0v) is 13.8. The molecule has 1 saturated heterocycles. The zero-order chi connectivity index (χ0) is 16.0. The quantitative estimate of drug-likeness (QED) is 0.804. The molecule has 1 aliphatic heterocycles. The molecule has 0 N–H and O–H groups in total. The number of hydrogen-bond donors (Lipinski definition) is 0. The molecule has 1 heterocycles. The van der Waals surface area contributed by atoms with Gasteiger partial charge in [-0.15, -0.1) is 0 Å². The van der Waals surface area contributed by atoms with Gasteiger partial charge in [0.1, 0.15) is 6.04 Å². The normalized spacial score (nSPS) is 18.7. The van der Waals surface area contributed by atoms with Gasteiger partial charge < -0.3 is 0 Å². The van der Waals surface area contributed by atoms with E-state index in [1.54, 1.807) is 4.31 Å². The maximum Gasteiger partial charge on any atom is 0.214 e. The highest BCUT2D eigenvalue weighted by atomic mass is 32.2. The maximum atomic E-state index is 12.2. The van der Waals surface area contributed by atoms with E-state index in [9.17, 15) is 13.7 Å². The van der Waals surface area contributed by atoms with Crippen LogP contribution in [0.4, 0.5) is 0 Å². The topological polar surface area (TPSA) is 64.4 Å². The van der Waals surface area contributed by atoms with Gasteiger partial charge >= 0.3 is 0 Å². The second-order valence-corrected chi connectivity index (χ2v) is 7.64. The van der Waals surface area contributed by atoms with E-state index in [-0.39, 0.29) is 11.8 Å². The Morgan fingerprint density at radius 3 is 2.36 bits per heavy atom. The van der Waals surface area contributed by atoms with Gasteiger partial charge in [0.05, 0.1) is 11.8 Å². The summed E-state index contributed by atoms with van der Waals surface area (Å²) in [7, 11) is -3.14. The molecule has 0 spiro atoms. The van der Waals surface area contributed by atoms with Crippen molar-refractivity contribution in [1.29, 1.82) is 5.26 Å². The Bertz CT molecular complexity index is 602. The van der Waals surface area contributed by atoms with E-state index in [0.29, 0.717) is 32.6 Å². The number of benzene rings is 1. The third-order valence-electron chi connectivity index (χ3n) is 4.03. The molecule has 1 unspecified atom stereocenters. The van der Waals surface area contributed by atoms with Crippen molar-refractivity contribution in [3.63, 3.8) is 0 Å². The average molecular weight is 321 g/mol. The van der Waals surface area contributed by atoms with E-state index in [4.69, 9.17) is 0 Å². The first-order valence-electron chi connectivity index (χ1n) is 7.75. The Morgan fingerprint density at radius 1 is 1.18 bits per heavy atom. The molecule has 0 amide bonds. The molecule has 1 aromatic rings. The second-order valence-electron chi connectivity index (χ2n) is 5.55. The number of unbranched alkanes of at least 4 members (excludes halogenated alkanes) is 1. The second kappa shape index (κ2) is 7.73. The molecular weight excluding hydrogens is 298 g/mol. The van der Waals surface area contributed by atoms with Crippen LogP contribution in [-0.4, -0.2) is 49.6 Å². The van der Waals surface area contributed by atoms with Crippen molar-refractivity contribution >= 4 is 10.0 Å². The number of piperazine rings is 1. The Hall–Kier alpha value is -1.42. The van der Waals surface area contributed by atoms with Gasteiger partial charge in [-0.1, -0.05) is 43.7 Å². The van der Waals surface area contributed by atoms with Crippen LogP contribution >= 0.6 is 0 Å². The molecule has 0 aromatic heterocycles. The first-order chi connectivity index (χ1) is 10.6. The summed E-state index contributed by atoms with van der Waals surface area (Å²) in [5, 5.41) is 9.45.